The van der Waals surface area contributed by atoms with Gasteiger partial charge in [-0.1, -0.05) is 23.2 Å². The van der Waals surface area contributed by atoms with Gasteiger partial charge in [-0.25, -0.2) is 0 Å². The molecular formula is C10H10Cl2O2. The Balaban J connectivity index is 1.96. The van der Waals surface area contributed by atoms with E-state index in [1.165, 1.54) is 0 Å². The maximum atomic E-state index is 5.97. The summed E-state index contributed by atoms with van der Waals surface area (Å²) in [4.78, 5) is 0. The van der Waals surface area contributed by atoms with E-state index in [-0.39, 0.29) is 6.10 Å². The van der Waals surface area contributed by atoms with E-state index in [1.54, 1.807) is 12.1 Å². The van der Waals surface area contributed by atoms with E-state index in [1.807, 2.05) is 6.07 Å². The molecule has 76 valence electrons. The highest BCUT2D eigenvalue weighted by molar-refractivity contribution is 6.33. The van der Waals surface area contributed by atoms with Crippen LogP contribution < -0.4 is 0 Å². The Morgan fingerprint density at radius 2 is 2.14 bits per heavy atom. The van der Waals surface area contributed by atoms with Crippen LogP contribution >= 0.6 is 23.2 Å². The van der Waals surface area contributed by atoms with Crippen LogP contribution in [0, 0.1) is 0 Å². The molecule has 0 unspecified atom stereocenters. The summed E-state index contributed by atoms with van der Waals surface area (Å²) in [5.74, 6) is 0. The van der Waals surface area contributed by atoms with Crippen LogP contribution in [0.5, 0.6) is 0 Å². The van der Waals surface area contributed by atoms with Gasteiger partial charge >= 0.3 is 0 Å². The molecule has 1 saturated heterocycles. The molecule has 0 aliphatic carbocycles. The van der Waals surface area contributed by atoms with Gasteiger partial charge in [0, 0.05) is 10.0 Å². The fourth-order valence-electron chi connectivity index (χ4n) is 1.17. The van der Waals surface area contributed by atoms with Crippen molar-refractivity contribution in [2.75, 3.05) is 13.2 Å². The molecule has 0 radical (unpaired) electrons. The van der Waals surface area contributed by atoms with Crippen LogP contribution in [-0.2, 0) is 16.1 Å². The third-order valence-electron chi connectivity index (χ3n) is 2.09. The Labute approximate surface area is 92.7 Å². The summed E-state index contributed by atoms with van der Waals surface area (Å²) in [6.45, 7) is 1.85. The molecule has 4 heteroatoms. The van der Waals surface area contributed by atoms with Crippen molar-refractivity contribution in [3.63, 3.8) is 0 Å². The molecule has 2 nitrogen and oxygen atoms in total. The van der Waals surface area contributed by atoms with Gasteiger partial charge in [0.05, 0.1) is 19.8 Å². The molecule has 1 aliphatic rings. The minimum atomic E-state index is 0.213. The summed E-state index contributed by atoms with van der Waals surface area (Å²) in [5, 5.41) is 1.37. The number of ether oxygens (including phenoxy) is 2. The third kappa shape index (κ3) is 2.39. The highest BCUT2D eigenvalue weighted by atomic mass is 35.5. The van der Waals surface area contributed by atoms with Gasteiger partial charge in [0.15, 0.2) is 0 Å². The summed E-state index contributed by atoms with van der Waals surface area (Å²) < 4.78 is 10.5. The Hall–Kier alpha value is -0.280. The van der Waals surface area contributed by atoms with Crippen LogP contribution in [0.2, 0.25) is 10.0 Å². The van der Waals surface area contributed by atoms with Crippen molar-refractivity contribution in [2.24, 2.45) is 0 Å². The van der Waals surface area contributed by atoms with E-state index in [9.17, 15) is 0 Å². The normalized spacial score (nSPS) is 16.7. The Bertz CT molecular complexity index is 324. The van der Waals surface area contributed by atoms with Crippen LogP contribution in [0.4, 0.5) is 0 Å². The molecule has 0 N–H and O–H groups in total. The van der Waals surface area contributed by atoms with Gasteiger partial charge < -0.3 is 9.47 Å². The summed E-state index contributed by atoms with van der Waals surface area (Å²) >= 11 is 11.8. The van der Waals surface area contributed by atoms with Crippen molar-refractivity contribution in [3.8, 4) is 0 Å². The molecule has 0 spiro atoms. The summed E-state index contributed by atoms with van der Waals surface area (Å²) in [7, 11) is 0. The average Bonchev–Trinajstić information content (AvgIpc) is 2.08. The SMILES string of the molecule is Clc1ccc(Cl)c(COC2COC2)c1. The van der Waals surface area contributed by atoms with E-state index in [2.05, 4.69) is 0 Å². The Morgan fingerprint density at radius 1 is 1.36 bits per heavy atom. The van der Waals surface area contributed by atoms with Crippen LogP contribution in [0.3, 0.4) is 0 Å². The number of halogens is 2. The first kappa shape index (κ1) is 10.2. The molecule has 0 saturated carbocycles. The molecule has 1 heterocycles. The van der Waals surface area contributed by atoms with Crippen molar-refractivity contribution in [2.45, 2.75) is 12.7 Å². The minimum absolute atomic E-state index is 0.213. The van der Waals surface area contributed by atoms with E-state index in [4.69, 9.17) is 32.7 Å². The molecule has 1 aromatic rings. The lowest BCUT2D eigenvalue weighted by Gasteiger charge is -2.26. The summed E-state index contributed by atoms with van der Waals surface area (Å²) in [6.07, 6.45) is 0.213. The molecule has 0 atom stereocenters. The highest BCUT2D eigenvalue weighted by Gasteiger charge is 2.19. The fourth-order valence-corrected chi connectivity index (χ4v) is 1.54. The Kier molecular flexibility index (Phi) is 3.29. The van der Waals surface area contributed by atoms with Gasteiger partial charge in [-0.15, -0.1) is 0 Å². The van der Waals surface area contributed by atoms with Gasteiger partial charge in [0.1, 0.15) is 6.10 Å². The monoisotopic (exact) mass is 232 g/mol. The average molecular weight is 233 g/mol. The lowest BCUT2D eigenvalue weighted by molar-refractivity contribution is -0.135. The molecule has 0 amide bonds. The van der Waals surface area contributed by atoms with E-state index in [0.29, 0.717) is 29.9 Å². The number of hydrogen-bond acceptors (Lipinski definition) is 2. The zero-order valence-electron chi connectivity index (χ0n) is 7.50. The van der Waals surface area contributed by atoms with Crippen molar-refractivity contribution in [1.29, 1.82) is 0 Å². The van der Waals surface area contributed by atoms with Gasteiger partial charge in [0.25, 0.3) is 0 Å². The lowest BCUT2D eigenvalue weighted by Crippen LogP contribution is -2.35. The zero-order chi connectivity index (χ0) is 9.97. The standard InChI is InChI=1S/C10H10Cl2O2/c11-8-1-2-10(12)7(3-8)4-14-9-5-13-6-9/h1-3,9H,4-6H2. The second-order valence-corrected chi connectivity index (χ2v) is 4.05. The molecule has 0 aromatic heterocycles. The van der Waals surface area contributed by atoms with E-state index in [0.717, 1.165) is 5.56 Å². The third-order valence-corrected chi connectivity index (χ3v) is 2.69. The molecule has 1 aromatic carbocycles. The van der Waals surface area contributed by atoms with Crippen LogP contribution in [-0.4, -0.2) is 19.3 Å². The molecule has 1 fully saturated rings. The first-order chi connectivity index (χ1) is 6.75. The van der Waals surface area contributed by atoms with E-state index >= 15 is 0 Å². The van der Waals surface area contributed by atoms with Crippen molar-refractivity contribution in [3.05, 3.63) is 33.8 Å². The predicted octanol–water partition coefficient (Wildman–Crippen LogP) is 2.91. The Morgan fingerprint density at radius 3 is 2.79 bits per heavy atom. The maximum absolute atomic E-state index is 5.97. The molecule has 2 rings (SSSR count). The largest absolute Gasteiger partial charge is 0.376 e. The molecule has 1 aliphatic heterocycles. The van der Waals surface area contributed by atoms with Crippen molar-refractivity contribution in [1.82, 2.24) is 0 Å². The first-order valence-electron chi connectivity index (χ1n) is 4.39. The lowest BCUT2D eigenvalue weighted by atomic mass is 10.2. The molecular weight excluding hydrogens is 223 g/mol. The minimum Gasteiger partial charge on any atom is -0.376 e. The van der Waals surface area contributed by atoms with Gasteiger partial charge in [0.2, 0.25) is 0 Å². The van der Waals surface area contributed by atoms with Gasteiger partial charge in [-0.2, -0.15) is 0 Å². The quantitative estimate of drug-likeness (QED) is 0.799. The smallest absolute Gasteiger partial charge is 0.105 e. The van der Waals surface area contributed by atoms with Crippen molar-refractivity contribution >= 4 is 23.2 Å². The first-order valence-corrected chi connectivity index (χ1v) is 5.14. The number of benzene rings is 1. The highest BCUT2D eigenvalue weighted by Crippen LogP contribution is 2.22. The second kappa shape index (κ2) is 4.49. The molecule has 0 bridgehead atoms. The topological polar surface area (TPSA) is 18.5 Å². The number of hydrogen-bond donors (Lipinski definition) is 0. The van der Waals surface area contributed by atoms with Crippen LogP contribution in [0.1, 0.15) is 5.56 Å². The second-order valence-electron chi connectivity index (χ2n) is 3.21. The van der Waals surface area contributed by atoms with E-state index < -0.39 is 0 Å². The van der Waals surface area contributed by atoms with Gasteiger partial charge in [-0.3, -0.25) is 0 Å². The summed E-state index contributed by atoms with van der Waals surface area (Å²) in [6, 6.07) is 5.36. The van der Waals surface area contributed by atoms with Crippen molar-refractivity contribution < 1.29 is 9.47 Å². The maximum Gasteiger partial charge on any atom is 0.105 e. The summed E-state index contributed by atoms with van der Waals surface area (Å²) in [5.41, 5.74) is 0.922. The molecule has 14 heavy (non-hydrogen) atoms. The number of rotatable bonds is 3. The van der Waals surface area contributed by atoms with Gasteiger partial charge in [-0.05, 0) is 23.8 Å². The van der Waals surface area contributed by atoms with Crippen LogP contribution in [0.15, 0.2) is 18.2 Å². The zero-order valence-corrected chi connectivity index (χ0v) is 9.02. The predicted molar refractivity (Wildman–Crippen MR) is 55.9 cm³/mol. The van der Waals surface area contributed by atoms with Crippen LogP contribution in [0.25, 0.3) is 0 Å². The fraction of sp³-hybridized carbons (Fsp3) is 0.400.